The summed E-state index contributed by atoms with van der Waals surface area (Å²) in [4.78, 5) is 24.6. The number of nitrogens with zero attached hydrogens (tertiary/aromatic N) is 2. The van der Waals surface area contributed by atoms with E-state index in [0.717, 1.165) is 6.07 Å². The SMILES string of the molecule is [C-]#[N+]c1ccc(NC(=O)OC(C)(C)C)cc1[N+](=O)[O-]. The van der Waals surface area contributed by atoms with E-state index in [1.807, 2.05) is 0 Å². The van der Waals surface area contributed by atoms with Gasteiger partial charge in [0.25, 0.3) is 11.4 Å². The maximum Gasteiger partial charge on any atom is 0.412 e. The lowest BCUT2D eigenvalue weighted by Gasteiger charge is -2.19. The summed E-state index contributed by atoms with van der Waals surface area (Å²) in [5, 5.41) is 13.1. The third kappa shape index (κ3) is 4.27. The molecule has 1 amide bonds. The average molecular weight is 263 g/mol. The largest absolute Gasteiger partial charge is 0.444 e. The maximum atomic E-state index is 11.5. The molecule has 0 aliphatic heterocycles. The highest BCUT2D eigenvalue weighted by atomic mass is 16.6. The monoisotopic (exact) mass is 263 g/mol. The third-order valence-corrected chi connectivity index (χ3v) is 1.94. The van der Waals surface area contributed by atoms with Gasteiger partial charge in [0.1, 0.15) is 5.60 Å². The molecule has 1 aromatic carbocycles. The number of nitro groups is 1. The molecule has 0 fully saturated rings. The fourth-order valence-electron chi connectivity index (χ4n) is 1.26. The molecule has 0 aliphatic rings. The highest BCUT2D eigenvalue weighted by Crippen LogP contribution is 2.30. The minimum absolute atomic E-state index is 0.0836. The normalized spacial score (nSPS) is 10.4. The molecule has 7 nitrogen and oxygen atoms in total. The molecule has 0 aromatic heterocycles. The fourth-order valence-corrected chi connectivity index (χ4v) is 1.26. The Kier molecular flexibility index (Phi) is 4.07. The summed E-state index contributed by atoms with van der Waals surface area (Å²) >= 11 is 0. The van der Waals surface area contributed by atoms with E-state index in [1.165, 1.54) is 12.1 Å². The van der Waals surface area contributed by atoms with Crippen molar-refractivity contribution in [3.63, 3.8) is 0 Å². The fraction of sp³-hybridized carbons (Fsp3) is 0.333. The number of hydrogen-bond donors (Lipinski definition) is 1. The number of hydrogen-bond acceptors (Lipinski definition) is 4. The van der Waals surface area contributed by atoms with Crippen molar-refractivity contribution >= 4 is 23.2 Å². The van der Waals surface area contributed by atoms with E-state index in [4.69, 9.17) is 11.3 Å². The van der Waals surface area contributed by atoms with Crippen LogP contribution >= 0.6 is 0 Å². The van der Waals surface area contributed by atoms with Gasteiger partial charge in [-0.2, -0.15) is 0 Å². The minimum atomic E-state index is -0.711. The number of carbonyl (C=O) groups excluding carboxylic acids is 1. The Hall–Kier alpha value is -2.62. The standard InChI is InChI=1S/C12H13N3O4/c1-12(2,3)19-11(16)14-8-5-6-9(13-4)10(7-8)15(17)18/h5-7H,1-3H3,(H,14,16). The molecular formula is C12H13N3O4. The summed E-state index contributed by atoms with van der Waals surface area (Å²) in [6.07, 6.45) is -0.711. The van der Waals surface area contributed by atoms with Gasteiger partial charge < -0.3 is 4.74 Å². The Bertz CT molecular complexity index is 555. The second-order valence-electron chi connectivity index (χ2n) is 4.70. The van der Waals surface area contributed by atoms with Gasteiger partial charge >= 0.3 is 6.09 Å². The predicted molar refractivity (Wildman–Crippen MR) is 69.2 cm³/mol. The van der Waals surface area contributed by atoms with Crippen LogP contribution in [-0.4, -0.2) is 16.6 Å². The minimum Gasteiger partial charge on any atom is -0.444 e. The number of nitrogens with one attached hydrogen (secondary N) is 1. The first-order valence-electron chi connectivity index (χ1n) is 5.39. The highest BCUT2D eigenvalue weighted by Gasteiger charge is 2.18. The summed E-state index contributed by atoms with van der Waals surface area (Å²) in [6.45, 7) is 11.9. The zero-order valence-electron chi connectivity index (χ0n) is 10.8. The first kappa shape index (κ1) is 14.4. The number of ether oxygens (including phenoxy) is 1. The van der Waals surface area contributed by atoms with Gasteiger partial charge in [-0.15, -0.1) is 0 Å². The van der Waals surface area contributed by atoms with Crippen molar-refractivity contribution in [3.05, 3.63) is 39.7 Å². The van der Waals surface area contributed by atoms with E-state index >= 15 is 0 Å². The molecule has 0 spiro atoms. The number of rotatable bonds is 2. The molecule has 19 heavy (non-hydrogen) atoms. The van der Waals surface area contributed by atoms with Gasteiger partial charge in [-0.25, -0.2) is 9.64 Å². The Morgan fingerprint density at radius 2 is 2.11 bits per heavy atom. The van der Waals surface area contributed by atoms with Crippen molar-refractivity contribution in [2.45, 2.75) is 26.4 Å². The molecule has 0 saturated heterocycles. The lowest BCUT2D eigenvalue weighted by Crippen LogP contribution is -2.27. The van der Waals surface area contributed by atoms with Crippen LogP contribution < -0.4 is 5.32 Å². The van der Waals surface area contributed by atoms with E-state index in [1.54, 1.807) is 20.8 Å². The van der Waals surface area contributed by atoms with E-state index in [2.05, 4.69) is 10.2 Å². The van der Waals surface area contributed by atoms with Crippen molar-refractivity contribution in [3.8, 4) is 0 Å². The van der Waals surface area contributed by atoms with Gasteiger partial charge in [-0.05, 0) is 32.9 Å². The predicted octanol–water partition coefficient (Wildman–Crippen LogP) is 3.49. The first-order valence-corrected chi connectivity index (χ1v) is 5.39. The molecule has 0 unspecified atom stereocenters. The van der Waals surface area contributed by atoms with Gasteiger partial charge in [-0.1, -0.05) is 0 Å². The van der Waals surface area contributed by atoms with Crippen molar-refractivity contribution in [1.29, 1.82) is 0 Å². The van der Waals surface area contributed by atoms with Crippen LogP contribution in [-0.2, 0) is 4.74 Å². The molecule has 0 radical (unpaired) electrons. The molecule has 1 aromatic rings. The molecule has 0 aliphatic carbocycles. The number of nitro benzene ring substituents is 1. The first-order chi connectivity index (χ1) is 8.73. The quantitative estimate of drug-likeness (QED) is 0.502. The molecule has 100 valence electrons. The second kappa shape index (κ2) is 5.35. The van der Waals surface area contributed by atoms with Gasteiger partial charge in [0, 0.05) is 11.8 Å². The van der Waals surface area contributed by atoms with Gasteiger partial charge in [0.2, 0.25) is 0 Å². The van der Waals surface area contributed by atoms with Crippen LogP contribution in [0, 0.1) is 16.7 Å². The summed E-state index contributed by atoms with van der Waals surface area (Å²) in [5.41, 5.74) is -0.899. The zero-order valence-corrected chi connectivity index (χ0v) is 10.8. The lowest BCUT2D eigenvalue weighted by atomic mass is 10.2. The van der Waals surface area contributed by atoms with Crippen molar-refractivity contribution in [2.75, 3.05) is 5.32 Å². The molecule has 0 atom stereocenters. The zero-order chi connectivity index (χ0) is 14.6. The third-order valence-electron chi connectivity index (χ3n) is 1.94. The number of anilines is 1. The average Bonchev–Trinajstić information content (AvgIpc) is 2.26. The molecule has 0 bridgehead atoms. The Morgan fingerprint density at radius 3 is 2.58 bits per heavy atom. The van der Waals surface area contributed by atoms with Crippen LogP contribution in [0.25, 0.3) is 4.85 Å². The van der Waals surface area contributed by atoms with Gasteiger partial charge in [-0.3, -0.25) is 15.4 Å². The molecule has 7 heteroatoms. The van der Waals surface area contributed by atoms with Crippen LogP contribution in [0.1, 0.15) is 20.8 Å². The number of benzene rings is 1. The Labute approximate surface area is 110 Å². The number of carbonyl (C=O) groups is 1. The number of amides is 1. The van der Waals surface area contributed by atoms with Crippen molar-refractivity contribution < 1.29 is 14.5 Å². The molecule has 1 N–H and O–H groups in total. The van der Waals surface area contributed by atoms with Crippen LogP contribution in [0.4, 0.5) is 21.9 Å². The summed E-state index contributed by atoms with van der Waals surface area (Å²) < 4.78 is 5.02. The molecular weight excluding hydrogens is 250 g/mol. The summed E-state index contributed by atoms with van der Waals surface area (Å²) in [5.74, 6) is 0. The molecule has 0 saturated carbocycles. The molecule has 0 heterocycles. The summed E-state index contributed by atoms with van der Waals surface area (Å²) in [7, 11) is 0. The lowest BCUT2D eigenvalue weighted by molar-refractivity contribution is -0.383. The van der Waals surface area contributed by atoms with Crippen LogP contribution in [0.2, 0.25) is 0 Å². The van der Waals surface area contributed by atoms with Crippen molar-refractivity contribution in [2.24, 2.45) is 0 Å². The van der Waals surface area contributed by atoms with E-state index in [9.17, 15) is 14.9 Å². The maximum absolute atomic E-state index is 11.5. The van der Waals surface area contributed by atoms with Crippen LogP contribution in [0.15, 0.2) is 18.2 Å². The van der Waals surface area contributed by atoms with Gasteiger partial charge in [0.15, 0.2) is 0 Å². The second-order valence-corrected chi connectivity index (χ2v) is 4.70. The highest BCUT2D eigenvalue weighted by molar-refractivity contribution is 5.86. The van der Waals surface area contributed by atoms with E-state index in [0.29, 0.717) is 0 Å². The summed E-state index contributed by atoms with van der Waals surface area (Å²) in [6, 6.07) is 3.80. The smallest absolute Gasteiger partial charge is 0.412 e. The molecule has 1 rings (SSSR count). The van der Waals surface area contributed by atoms with Crippen molar-refractivity contribution in [1.82, 2.24) is 0 Å². The van der Waals surface area contributed by atoms with Crippen LogP contribution in [0.3, 0.4) is 0 Å². The van der Waals surface area contributed by atoms with E-state index in [-0.39, 0.29) is 17.1 Å². The van der Waals surface area contributed by atoms with E-state index < -0.39 is 16.6 Å². The Morgan fingerprint density at radius 1 is 1.47 bits per heavy atom. The topological polar surface area (TPSA) is 85.8 Å². The van der Waals surface area contributed by atoms with Crippen LogP contribution in [0.5, 0.6) is 0 Å². The Balaban J connectivity index is 2.92. The van der Waals surface area contributed by atoms with Gasteiger partial charge in [0.05, 0.1) is 11.5 Å².